The molecule has 2 N–H and O–H groups in total. The third-order valence-electron chi connectivity index (χ3n) is 3.93. The van der Waals surface area contributed by atoms with Gasteiger partial charge in [-0.15, -0.1) is 0 Å². The molecule has 0 radical (unpaired) electrons. The van der Waals surface area contributed by atoms with Crippen LogP contribution in [0.3, 0.4) is 0 Å². The first kappa shape index (κ1) is 20.2. The molecule has 0 saturated carbocycles. The normalized spacial score (nSPS) is 10.4. The van der Waals surface area contributed by atoms with Crippen LogP contribution in [-0.4, -0.2) is 24.9 Å². The van der Waals surface area contributed by atoms with Gasteiger partial charge in [0.1, 0.15) is 0 Å². The summed E-state index contributed by atoms with van der Waals surface area (Å²) in [6.07, 6.45) is 0.443. The lowest BCUT2D eigenvalue weighted by Gasteiger charge is -2.11. The molecule has 0 aliphatic heterocycles. The van der Waals surface area contributed by atoms with Gasteiger partial charge in [-0.25, -0.2) is 4.79 Å². The highest BCUT2D eigenvalue weighted by molar-refractivity contribution is 6.05. The summed E-state index contributed by atoms with van der Waals surface area (Å²) in [5, 5.41) is 5.60. The van der Waals surface area contributed by atoms with E-state index in [0.717, 1.165) is 5.56 Å². The number of rotatable bonds is 6. The van der Waals surface area contributed by atoms with Crippen LogP contribution in [0.15, 0.2) is 42.5 Å². The molecular formula is C21H24N2O4. The Morgan fingerprint density at radius 2 is 1.59 bits per heavy atom. The van der Waals surface area contributed by atoms with Gasteiger partial charge in [-0.3, -0.25) is 9.59 Å². The minimum absolute atomic E-state index is 0.0579. The van der Waals surface area contributed by atoms with Crippen LogP contribution in [0.4, 0.5) is 11.4 Å². The number of aryl methyl sites for hydroxylation is 1. The third kappa shape index (κ3) is 5.67. The summed E-state index contributed by atoms with van der Waals surface area (Å²) in [7, 11) is 1.31. The summed E-state index contributed by atoms with van der Waals surface area (Å²) in [5.74, 6) is -0.552. The fraction of sp³-hybridized carbons (Fsp3) is 0.286. The number of benzene rings is 2. The topological polar surface area (TPSA) is 84.5 Å². The second-order valence-electron chi connectivity index (χ2n) is 6.70. The molecule has 2 amide bonds. The van der Waals surface area contributed by atoms with Crippen molar-refractivity contribution in [3.8, 4) is 0 Å². The van der Waals surface area contributed by atoms with Crippen molar-refractivity contribution in [3.63, 3.8) is 0 Å². The van der Waals surface area contributed by atoms with E-state index in [9.17, 15) is 14.4 Å². The van der Waals surface area contributed by atoms with Gasteiger partial charge in [0.2, 0.25) is 5.91 Å². The van der Waals surface area contributed by atoms with E-state index in [1.165, 1.54) is 7.11 Å². The zero-order chi connectivity index (χ0) is 20.0. The molecule has 0 fully saturated rings. The molecule has 0 aliphatic rings. The van der Waals surface area contributed by atoms with Crippen LogP contribution in [0, 0.1) is 12.8 Å². The predicted molar refractivity (Wildman–Crippen MR) is 105 cm³/mol. The largest absolute Gasteiger partial charge is 0.465 e. The van der Waals surface area contributed by atoms with Crippen molar-refractivity contribution in [1.82, 2.24) is 0 Å². The van der Waals surface area contributed by atoms with Crippen LogP contribution >= 0.6 is 0 Å². The number of methoxy groups -OCH3 is 1. The summed E-state index contributed by atoms with van der Waals surface area (Å²) in [5.41, 5.74) is 2.81. The average Bonchev–Trinajstić information content (AvgIpc) is 2.62. The highest BCUT2D eigenvalue weighted by Gasteiger charge is 2.12. The van der Waals surface area contributed by atoms with Gasteiger partial charge >= 0.3 is 5.97 Å². The zero-order valence-corrected chi connectivity index (χ0v) is 16.0. The van der Waals surface area contributed by atoms with Crippen molar-refractivity contribution in [3.05, 3.63) is 59.2 Å². The number of carbonyl (C=O) groups is 3. The molecular weight excluding hydrogens is 344 g/mol. The fourth-order valence-electron chi connectivity index (χ4n) is 2.48. The Morgan fingerprint density at radius 3 is 2.19 bits per heavy atom. The van der Waals surface area contributed by atoms with Crippen LogP contribution in [0.5, 0.6) is 0 Å². The Hall–Kier alpha value is -3.15. The molecule has 2 rings (SSSR count). The van der Waals surface area contributed by atoms with Crippen LogP contribution in [-0.2, 0) is 9.53 Å². The lowest BCUT2D eigenvalue weighted by molar-refractivity contribution is -0.116. The molecule has 6 heteroatoms. The summed E-state index contributed by atoms with van der Waals surface area (Å²) >= 11 is 0. The average molecular weight is 368 g/mol. The maximum Gasteiger partial charge on any atom is 0.337 e. The second-order valence-corrected chi connectivity index (χ2v) is 6.70. The molecule has 0 heterocycles. The summed E-state index contributed by atoms with van der Waals surface area (Å²) in [6, 6.07) is 11.6. The molecule has 0 atom stereocenters. The van der Waals surface area contributed by atoms with E-state index in [1.54, 1.807) is 42.5 Å². The van der Waals surface area contributed by atoms with E-state index in [1.807, 2.05) is 20.8 Å². The fourth-order valence-corrected chi connectivity index (χ4v) is 2.48. The lowest BCUT2D eigenvalue weighted by Crippen LogP contribution is -2.15. The van der Waals surface area contributed by atoms with Crippen molar-refractivity contribution in [2.75, 3.05) is 17.7 Å². The van der Waals surface area contributed by atoms with E-state index >= 15 is 0 Å². The first-order valence-corrected chi connectivity index (χ1v) is 8.70. The zero-order valence-electron chi connectivity index (χ0n) is 16.0. The number of nitrogens with one attached hydrogen (secondary N) is 2. The van der Waals surface area contributed by atoms with Gasteiger partial charge in [0, 0.05) is 23.4 Å². The first-order chi connectivity index (χ1) is 12.8. The van der Waals surface area contributed by atoms with Crippen LogP contribution < -0.4 is 10.6 Å². The van der Waals surface area contributed by atoms with Gasteiger partial charge in [0.15, 0.2) is 0 Å². The third-order valence-corrected chi connectivity index (χ3v) is 3.93. The minimum atomic E-state index is -0.466. The van der Waals surface area contributed by atoms with Gasteiger partial charge in [-0.2, -0.15) is 0 Å². The Bertz CT molecular complexity index is 842. The van der Waals surface area contributed by atoms with Crippen LogP contribution in [0.1, 0.15) is 46.5 Å². The van der Waals surface area contributed by atoms with Gasteiger partial charge in [-0.1, -0.05) is 19.9 Å². The number of hydrogen-bond donors (Lipinski definition) is 2. The molecule has 0 saturated heterocycles. The lowest BCUT2D eigenvalue weighted by atomic mass is 10.1. The Kier molecular flexibility index (Phi) is 6.71. The molecule has 2 aromatic carbocycles. The number of ether oxygens (including phenoxy) is 1. The van der Waals surface area contributed by atoms with E-state index in [-0.39, 0.29) is 17.7 Å². The molecule has 0 aliphatic carbocycles. The molecule has 0 bridgehead atoms. The smallest absolute Gasteiger partial charge is 0.337 e. The maximum absolute atomic E-state index is 12.5. The molecule has 142 valence electrons. The van der Waals surface area contributed by atoms with Crippen molar-refractivity contribution in [2.45, 2.75) is 27.2 Å². The van der Waals surface area contributed by atoms with Gasteiger partial charge < -0.3 is 15.4 Å². The Morgan fingerprint density at radius 1 is 0.963 bits per heavy atom. The van der Waals surface area contributed by atoms with E-state index in [2.05, 4.69) is 10.6 Å². The summed E-state index contributed by atoms with van der Waals surface area (Å²) in [6.45, 7) is 5.79. The highest BCUT2D eigenvalue weighted by atomic mass is 16.5. The summed E-state index contributed by atoms with van der Waals surface area (Å²) in [4.78, 5) is 35.9. The van der Waals surface area contributed by atoms with Crippen LogP contribution in [0.2, 0.25) is 0 Å². The number of esters is 1. The second kappa shape index (κ2) is 8.98. The van der Waals surface area contributed by atoms with Gasteiger partial charge in [0.05, 0.1) is 12.7 Å². The van der Waals surface area contributed by atoms with E-state index < -0.39 is 5.97 Å². The Balaban J connectivity index is 2.08. The number of anilines is 2. The summed E-state index contributed by atoms with van der Waals surface area (Å²) < 4.78 is 4.70. The quantitative estimate of drug-likeness (QED) is 0.754. The number of hydrogen-bond acceptors (Lipinski definition) is 4. The number of amides is 2. The highest BCUT2D eigenvalue weighted by Crippen LogP contribution is 2.19. The van der Waals surface area contributed by atoms with Crippen molar-refractivity contribution in [2.24, 2.45) is 5.92 Å². The van der Waals surface area contributed by atoms with E-state index in [4.69, 9.17) is 4.74 Å². The van der Waals surface area contributed by atoms with Crippen LogP contribution in [0.25, 0.3) is 0 Å². The SMILES string of the molecule is COC(=O)c1ccc(C)c(NC(=O)c2ccc(NC(=O)CC(C)C)cc2)c1. The van der Waals surface area contributed by atoms with Crippen molar-refractivity contribution in [1.29, 1.82) is 0 Å². The van der Waals surface area contributed by atoms with Gasteiger partial charge in [-0.05, 0) is 54.8 Å². The molecule has 27 heavy (non-hydrogen) atoms. The molecule has 0 unspecified atom stereocenters. The molecule has 6 nitrogen and oxygen atoms in total. The predicted octanol–water partition coefficient (Wildman–Crippen LogP) is 4.02. The maximum atomic E-state index is 12.5. The Labute approximate surface area is 158 Å². The minimum Gasteiger partial charge on any atom is -0.465 e. The molecule has 2 aromatic rings. The molecule has 0 aromatic heterocycles. The molecule has 0 spiro atoms. The van der Waals surface area contributed by atoms with Crippen molar-refractivity contribution < 1.29 is 19.1 Å². The monoisotopic (exact) mass is 368 g/mol. The standard InChI is InChI=1S/C21H24N2O4/c1-13(2)11-19(24)22-17-9-7-15(8-10-17)20(25)23-18-12-16(21(26)27-4)6-5-14(18)3/h5-10,12-13H,11H2,1-4H3,(H,22,24)(H,23,25). The van der Waals surface area contributed by atoms with Crippen molar-refractivity contribution >= 4 is 29.2 Å². The first-order valence-electron chi connectivity index (χ1n) is 8.70. The van der Waals surface area contributed by atoms with Gasteiger partial charge in [0.25, 0.3) is 5.91 Å². The van der Waals surface area contributed by atoms with E-state index in [0.29, 0.717) is 28.9 Å². The number of carbonyl (C=O) groups excluding carboxylic acids is 3.